The number of carbonyl (C=O) groups excluding carboxylic acids is 1. The molecular weight excluding hydrogens is 334 g/mol. The summed E-state index contributed by atoms with van der Waals surface area (Å²) in [5.74, 6) is 0.369. The Morgan fingerprint density at radius 2 is 2.08 bits per heavy atom. The summed E-state index contributed by atoms with van der Waals surface area (Å²) in [6, 6.07) is 1.17. The number of amides is 1. The van der Waals surface area contributed by atoms with Crippen LogP contribution in [0.5, 0.6) is 0 Å². The lowest BCUT2D eigenvalue weighted by Crippen LogP contribution is -2.49. The van der Waals surface area contributed by atoms with Crippen LogP contribution in [0.25, 0.3) is 0 Å². The summed E-state index contributed by atoms with van der Waals surface area (Å²) in [7, 11) is 0. The maximum atomic E-state index is 12.6. The van der Waals surface area contributed by atoms with Gasteiger partial charge in [-0.05, 0) is 6.92 Å². The molecule has 0 bridgehead atoms. The standard InChI is InChI=1S/C13H15N7O3S/c1-8-16-13(24-17-8)19-4-2-18(3-5-19)12(21)10-6-9(20(22)23)7-15-11(10)14/h6-7H,2-5H2,1H3,(H2,14,15). The molecule has 0 spiro atoms. The molecule has 2 aromatic heterocycles. The number of piperazine rings is 1. The van der Waals surface area contributed by atoms with E-state index in [4.69, 9.17) is 5.73 Å². The number of nitrogens with two attached hydrogens (primary N) is 1. The number of pyridine rings is 1. The number of aromatic nitrogens is 3. The van der Waals surface area contributed by atoms with Crippen molar-refractivity contribution in [1.29, 1.82) is 0 Å². The molecular formula is C13H15N7O3S. The molecule has 2 aromatic rings. The number of nitrogen functional groups attached to an aromatic ring is 1. The van der Waals surface area contributed by atoms with Crippen LogP contribution in [0.4, 0.5) is 16.6 Å². The van der Waals surface area contributed by atoms with Gasteiger partial charge in [-0.3, -0.25) is 14.9 Å². The molecule has 1 amide bonds. The second-order valence-electron chi connectivity index (χ2n) is 5.29. The first-order valence-electron chi connectivity index (χ1n) is 7.20. The van der Waals surface area contributed by atoms with Crippen LogP contribution < -0.4 is 10.6 Å². The van der Waals surface area contributed by atoms with Gasteiger partial charge in [0.2, 0.25) is 5.13 Å². The minimum Gasteiger partial charge on any atom is -0.383 e. The van der Waals surface area contributed by atoms with Crippen LogP contribution in [0.3, 0.4) is 0 Å². The minimum atomic E-state index is -0.598. The average Bonchev–Trinajstić information content (AvgIpc) is 3.01. The Morgan fingerprint density at radius 1 is 1.38 bits per heavy atom. The van der Waals surface area contributed by atoms with Gasteiger partial charge >= 0.3 is 0 Å². The van der Waals surface area contributed by atoms with Gasteiger partial charge < -0.3 is 15.5 Å². The Hall–Kier alpha value is -2.82. The highest BCUT2D eigenvalue weighted by Crippen LogP contribution is 2.22. The molecule has 11 heteroatoms. The van der Waals surface area contributed by atoms with E-state index in [0.29, 0.717) is 26.2 Å². The van der Waals surface area contributed by atoms with Crippen molar-refractivity contribution < 1.29 is 9.72 Å². The Labute approximate surface area is 141 Å². The highest BCUT2D eigenvalue weighted by Gasteiger charge is 2.26. The van der Waals surface area contributed by atoms with Gasteiger partial charge in [0.05, 0.1) is 10.5 Å². The van der Waals surface area contributed by atoms with Crippen molar-refractivity contribution >= 4 is 34.1 Å². The number of nitrogens with zero attached hydrogens (tertiary/aromatic N) is 6. The summed E-state index contributed by atoms with van der Waals surface area (Å²) >= 11 is 1.33. The van der Waals surface area contributed by atoms with E-state index in [9.17, 15) is 14.9 Å². The predicted octanol–water partition coefficient (Wildman–Crippen LogP) is 0.694. The van der Waals surface area contributed by atoms with Crippen LogP contribution in [-0.4, -0.2) is 56.3 Å². The molecule has 0 radical (unpaired) electrons. The molecule has 1 aliphatic heterocycles. The zero-order valence-corrected chi connectivity index (χ0v) is 13.7. The van der Waals surface area contributed by atoms with Crippen LogP contribution in [0.2, 0.25) is 0 Å². The van der Waals surface area contributed by atoms with Crippen LogP contribution in [0.15, 0.2) is 12.3 Å². The Morgan fingerprint density at radius 3 is 2.67 bits per heavy atom. The number of nitro groups is 1. The topological polar surface area (TPSA) is 131 Å². The number of hydrogen-bond acceptors (Lipinski definition) is 9. The first kappa shape index (κ1) is 16.1. The zero-order chi connectivity index (χ0) is 17.3. The van der Waals surface area contributed by atoms with Gasteiger partial charge in [0.15, 0.2) is 0 Å². The fourth-order valence-corrected chi connectivity index (χ4v) is 3.15. The predicted molar refractivity (Wildman–Crippen MR) is 88.1 cm³/mol. The van der Waals surface area contributed by atoms with Gasteiger partial charge in [-0.15, -0.1) is 0 Å². The number of carbonyl (C=O) groups is 1. The highest BCUT2D eigenvalue weighted by molar-refractivity contribution is 7.09. The molecule has 0 atom stereocenters. The molecule has 10 nitrogen and oxygen atoms in total. The van der Waals surface area contributed by atoms with Crippen LogP contribution in [-0.2, 0) is 0 Å². The second kappa shape index (κ2) is 6.35. The van der Waals surface area contributed by atoms with Gasteiger partial charge in [0.1, 0.15) is 17.8 Å². The van der Waals surface area contributed by atoms with Crippen molar-refractivity contribution in [1.82, 2.24) is 19.2 Å². The van der Waals surface area contributed by atoms with Gasteiger partial charge in [-0.1, -0.05) is 0 Å². The van der Waals surface area contributed by atoms with E-state index < -0.39 is 4.92 Å². The molecule has 3 rings (SSSR count). The van der Waals surface area contributed by atoms with Crippen molar-refractivity contribution in [2.75, 3.05) is 36.8 Å². The van der Waals surface area contributed by atoms with Crippen LogP contribution in [0.1, 0.15) is 16.2 Å². The Balaban J connectivity index is 1.71. The molecule has 0 unspecified atom stereocenters. The van der Waals surface area contributed by atoms with Gasteiger partial charge in [-0.2, -0.15) is 4.37 Å². The van der Waals surface area contributed by atoms with Crippen molar-refractivity contribution in [2.24, 2.45) is 0 Å². The molecule has 2 N–H and O–H groups in total. The molecule has 1 aliphatic rings. The lowest BCUT2D eigenvalue weighted by molar-refractivity contribution is -0.385. The van der Waals surface area contributed by atoms with E-state index in [-0.39, 0.29) is 23.0 Å². The van der Waals surface area contributed by atoms with E-state index in [0.717, 1.165) is 17.2 Å². The van der Waals surface area contributed by atoms with E-state index in [1.54, 1.807) is 4.90 Å². The molecule has 24 heavy (non-hydrogen) atoms. The Kier molecular flexibility index (Phi) is 4.25. The third-order valence-corrected chi connectivity index (χ3v) is 4.57. The number of hydrogen-bond donors (Lipinski definition) is 1. The van der Waals surface area contributed by atoms with E-state index >= 15 is 0 Å². The first-order chi connectivity index (χ1) is 11.5. The molecule has 1 fully saturated rings. The SMILES string of the molecule is Cc1nsc(N2CCN(C(=O)c3cc([N+](=O)[O-])cnc3N)CC2)n1. The lowest BCUT2D eigenvalue weighted by Gasteiger charge is -2.34. The largest absolute Gasteiger partial charge is 0.383 e. The van der Waals surface area contributed by atoms with E-state index in [1.807, 2.05) is 6.92 Å². The highest BCUT2D eigenvalue weighted by atomic mass is 32.1. The maximum absolute atomic E-state index is 12.6. The zero-order valence-electron chi connectivity index (χ0n) is 12.9. The van der Waals surface area contributed by atoms with Crippen molar-refractivity contribution in [3.63, 3.8) is 0 Å². The van der Waals surface area contributed by atoms with Gasteiger partial charge in [-0.25, -0.2) is 9.97 Å². The number of anilines is 2. The van der Waals surface area contributed by atoms with Crippen LogP contribution >= 0.6 is 11.5 Å². The number of rotatable bonds is 3. The summed E-state index contributed by atoms with van der Waals surface area (Å²) in [5, 5.41) is 11.7. The third kappa shape index (κ3) is 3.11. The summed E-state index contributed by atoms with van der Waals surface area (Å²) in [4.78, 5) is 34.6. The van der Waals surface area contributed by atoms with Gasteiger partial charge in [0, 0.05) is 43.8 Å². The lowest BCUT2D eigenvalue weighted by atomic mass is 10.2. The molecule has 3 heterocycles. The fourth-order valence-electron chi connectivity index (χ4n) is 2.42. The third-order valence-electron chi connectivity index (χ3n) is 3.70. The van der Waals surface area contributed by atoms with Crippen molar-refractivity contribution in [3.05, 3.63) is 33.8 Å². The summed E-state index contributed by atoms with van der Waals surface area (Å²) in [6.07, 6.45) is 1.04. The molecule has 0 aliphatic carbocycles. The summed E-state index contributed by atoms with van der Waals surface area (Å²) in [6.45, 7) is 4.00. The minimum absolute atomic E-state index is 0.00669. The Bertz CT molecular complexity index is 786. The molecule has 0 saturated carbocycles. The monoisotopic (exact) mass is 349 g/mol. The van der Waals surface area contributed by atoms with Gasteiger partial charge in [0.25, 0.3) is 11.6 Å². The quantitative estimate of drug-likeness (QED) is 0.632. The molecule has 126 valence electrons. The molecule has 0 aromatic carbocycles. The molecule has 1 saturated heterocycles. The van der Waals surface area contributed by atoms with Crippen molar-refractivity contribution in [2.45, 2.75) is 6.92 Å². The summed E-state index contributed by atoms with van der Waals surface area (Å²) < 4.78 is 4.15. The van der Waals surface area contributed by atoms with Crippen LogP contribution in [0, 0.1) is 17.0 Å². The number of aryl methyl sites for hydroxylation is 1. The smallest absolute Gasteiger partial charge is 0.288 e. The maximum Gasteiger partial charge on any atom is 0.288 e. The van der Waals surface area contributed by atoms with E-state index in [1.165, 1.54) is 17.6 Å². The summed E-state index contributed by atoms with van der Waals surface area (Å²) in [5.41, 5.74) is 5.52. The first-order valence-corrected chi connectivity index (χ1v) is 7.97. The van der Waals surface area contributed by atoms with E-state index in [2.05, 4.69) is 19.2 Å². The average molecular weight is 349 g/mol. The van der Waals surface area contributed by atoms with Crippen molar-refractivity contribution in [3.8, 4) is 0 Å². The normalized spacial score (nSPS) is 14.7. The second-order valence-corrected chi connectivity index (χ2v) is 6.02. The fraction of sp³-hybridized carbons (Fsp3) is 0.385.